The van der Waals surface area contributed by atoms with Crippen molar-refractivity contribution >= 4 is 17.5 Å². The van der Waals surface area contributed by atoms with Gasteiger partial charge in [0.1, 0.15) is 5.82 Å². The van der Waals surface area contributed by atoms with E-state index in [2.05, 4.69) is 6.92 Å². The minimum absolute atomic E-state index is 0.00803. The lowest BCUT2D eigenvalue weighted by atomic mass is 9.92. The van der Waals surface area contributed by atoms with Gasteiger partial charge in [-0.2, -0.15) is 0 Å². The number of rotatable bonds is 2. The van der Waals surface area contributed by atoms with Gasteiger partial charge in [-0.25, -0.2) is 4.39 Å². The standard InChI is InChI=1S/C14H18ClFN2O/c1-9-4-5-18(11(6-9)8-17)14(19)12-3-2-10(15)7-13(12)16/h2-3,7,9,11H,4-6,8,17H2,1H3. The highest BCUT2D eigenvalue weighted by molar-refractivity contribution is 6.30. The maximum Gasteiger partial charge on any atom is 0.257 e. The first-order chi connectivity index (χ1) is 9.02. The van der Waals surface area contributed by atoms with Gasteiger partial charge in [-0.05, 0) is 37.0 Å². The molecule has 0 aromatic heterocycles. The summed E-state index contributed by atoms with van der Waals surface area (Å²) in [5.41, 5.74) is 5.79. The lowest BCUT2D eigenvalue weighted by Gasteiger charge is -2.38. The Bertz CT molecular complexity index is 481. The predicted octanol–water partition coefficient (Wildman–Crippen LogP) is 2.68. The molecule has 5 heteroatoms. The van der Waals surface area contributed by atoms with E-state index in [9.17, 15) is 9.18 Å². The van der Waals surface area contributed by atoms with Crippen molar-refractivity contribution in [1.82, 2.24) is 4.90 Å². The quantitative estimate of drug-likeness (QED) is 0.907. The first-order valence-electron chi connectivity index (χ1n) is 6.49. The Labute approximate surface area is 117 Å². The summed E-state index contributed by atoms with van der Waals surface area (Å²) in [6.45, 7) is 3.18. The number of halogens is 2. The fourth-order valence-electron chi connectivity index (χ4n) is 2.56. The summed E-state index contributed by atoms with van der Waals surface area (Å²) in [6, 6.07) is 4.12. The van der Waals surface area contributed by atoms with Crippen LogP contribution in [-0.4, -0.2) is 29.9 Å². The van der Waals surface area contributed by atoms with Crippen LogP contribution in [0.3, 0.4) is 0 Å². The summed E-state index contributed by atoms with van der Waals surface area (Å²) >= 11 is 5.70. The van der Waals surface area contributed by atoms with E-state index < -0.39 is 5.82 Å². The first kappa shape index (κ1) is 14.3. The summed E-state index contributed by atoms with van der Waals surface area (Å²) < 4.78 is 13.8. The first-order valence-corrected chi connectivity index (χ1v) is 6.86. The molecule has 1 amide bonds. The fraction of sp³-hybridized carbons (Fsp3) is 0.500. The third-order valence-corrected chi connectivity index (χ3v) is 3.91. The van der Waals surface area contributed by atoms with Crippen LogP contribution in [-0.2, 0) is 0 Å². The molecule has 19 heavy (non-hydrogen) atoms. The number of carbonyl (C=O) groups excluding carboxylic acids is 1. The van der Waals surface area contributed by atoms with Gasteiger partial charge in [-0.15, -0.1) is 0 Å². The summed E-state index contributed by atoms with van der Waals surface area (Å²) in [5.74, 6) is -0.323. The van der Waals surface area contributed by atoms with Gasteiger partial charge < -0.3 is 10.6 Å². The highest BCUT2D eigenvalue weighted by atomic mass is 35.5. The molecule has 1 aromatic carbocycles. The molecule has 1 aromatic rings. The second-order valence-corrected chi connectivity index (χ2v) is 5.58. The zero-order valence-electron chi connectivity index (χ0n) is 10.9. The van der Waals surface area contributed by atoms with Gasteiger partial charge in [0.15, 0.2) is 0 Å². The van der Waals surface area contributed by atoms with Crippen LogP contribution in [0.2, 0.25) is 5.02 Å². The van der Waals surface area contributed by atoms with E-state index in [0.29, 0.717) is 19.0 Å². The van der Waals surface area contributed by atoms with Crippen LogP contribution in [0.1, 0.15) is 30.1 Å². The van der Waals surface area contributed by atoms with E-state index in [4.69, 9.17) is 17.3 Å². The molecule has 104 valence electrons. The Morgan fingerprint density at radius 1 is 1.58 bits per heavy atom. The normalized spacial score (nSPS) is 23.5. The van der Waals surface area contributed by atoms with Gasteiger partial charge in [-0.1, -0.05) is 18.5 Å². The van der Waals surface area contributed by atoms with E-state index >= 15 is 0 Å². The number of amides is 1. The molecular formula is C14H18ClFN2O. The van der Waals surface area contributed by atoms with Crippen molar-refractivity contribution in [3.05, 3.63) is 34.6 Å². The van der Waals surface area contributed by atoms with Crippen molar-refractivity contribution in [3.63, 3.8) is 0 Å². The molecule has 0 radical (unpaired) electrons. The molecule has 0 spiro atoms. The Kier molecular flexibility index (Phi) is 4.42. The Balaban J connectivity index is 2.22. The maximum atomic E-state index is 13.8. The molecule has 1 aliphatic rings. The second-order valence-electron chi connectivity index (χ2n) is 5.14. The van der Waals surface area contributed by atoms with Gasteiger partial charge >= 0.3 is 0 Å². The van der Waals surface area contributed by atoms with E-state index in [0.717, 1.165) is 12.8 Å². The second kappa shape index (κ2) is 5.88. The van der Waals surface area contributed by atoms with E-state index in [1.165, 1.54) is 18.2 Å². The zero-order valence-corrected chi connectivity index (χ0v) is 11.7. The number of nitrogens with zero attached hydrogens (tertiary/aromatic N) is 1. The molecule has 0 bridgehead atoms. The van der Waals surface area contributed by atoms with Gasteiger partial charge in [0.2, 0.25) is 0 Å². The van der Waals surface area contributed by atoms with Crippen molar-refractivity contribution in [2.75, 3.05) is 13.1 Å². The summed E-state index contributed by atoms with van der Waals surface area (Å²) in [5, 5.41) is 0.289. The molecule has 1 saturated heterocycles. The molecule has 1 fully saturated rings. The summed E-state index contributed by atoms with van der Waals surface area (Å²) in [4.78, 5) is 14.1. The molecule has 2 atom stereocenters. The summed E-state index contributed by atoms with van der Waals surface area (Å²) in [7, 11) is 0. The fourth-order valence-corrected chi connectivity index (χ4v) is 2.72. The number of carbonyl (C=O) groups is 1. The minimum Gasteiger partial charge on any atom is -0.334 e. The minimum atomic E-state index is -0.577. The van der Waals surface area contributed by atoms with Crippen LogP contribution in [0.25, 0.3) is 0 Å². The lowest BCUT2D eigenvalue weighted by Crippen LogP contribution is -2.49. The third kappa shape index (κ3) is 3.07. The van der Waals surface area contributed by atoms with Crippen LogP contribution < -0.4 is 5.73 Å². The molecule has 1 heterocycles. The van der Waals surface area contributed by atoms with Crippen LogP contribution in [0.15, 0.2) is 18.2 Å². The van der Waals surface area contributed by atoms with Crippen molar-refractivity contribution < 1.29 is 9.18 Å². The Hall–Kier alpha value is -1.13. The van der Waals surface area contributed by atoms with Crippen molar-refractivity contribution in [1.29, 1.82) is 0 Å². The highest BCUT2D eigenvalue weighted by Crippen LogP contribution is 2.25. The molecule has 3 nitrogen and oxygen atoms in total. The monoisotopic (exact) mass is 284 g/mol. The Morgan fingerprint density at radius 3 is 2.95 bits per heavy atom. The topological polar surface area (TPSA) is 46.3 Å². The zero-order chi connectivity index (χ0) is 14.0. The number of nitrogens with two attached hydrogens (primary N) is 1. The number of likely N-dealkylation sites (tertiary alicyclic amines) is 1. The van der Waals surface area contributed by atoms with Crippen LogP contribution in [0.5, 0.6) is 0 Å². The van der Waals surface area contributed by atoms with Crippen molar-refractivity contribution in [2.24, 2.45) is 11.7 Å². The SMILES string of the molecule is CC1CCN(C(=O)c2ccc(Cl)cc2F)C(CN)C1. The van der Waals surface area contributed by atoms with Gasteiger partial charge in [-0.3, -0.25) is 4.79 Å². The number of hydrogen-bond acceptors (Lipinski definition) is 2. The molecule has 0 saturated carbocycles. The molecule has 2 unspecified atom stereocenters. The molecule has 2 N–H and O–H groups in total. The largest absolute Gasteiger partial charge is 0.334 e. The van der Waals surface area contributed by atoms with Crippen molar-refractivity contribution in [2.45, 2.75) is 25.8 Å². The molecular weight excluding hydrogens is 267 g/mol. The molecule has 0 aliphatic carbocycles. The van der Waals surface area contributed by atoms with Crippen molar-refractivity contribution in [3.8, 4) is 0 Å². The van der Waals surface area contributed by atoms with E-state index in [1.54, 1.807) is 4.90 Å². The Morgan fingerprint density at radius 2 is 2.32 bits per heavy atom. The lowest BCUT2D eigenvalue weighted by molar-refractivity contribution is 0.0569. The average Bonchev–Trinajstić information content (AvgIpc) is 2.37. The summed E-state index contributed by atoms with van der Waals surface area (Å²) in [6.07, 6.45) is 1.80. The molecule has 2 rings (SSSR count). The van der Waals surface area contributed by atoms with Gasteiger partial charge in [0.05, 0.1) is 5.56 Å². The van der Waals surface area contributed by atoms with Gasteiger partial charge in [0, 0.05) is 24.2 Å². The number of hydrogen-bond donors (Lipinski definition) is 1. The van der Waals surface area contributed by atoms with E-state index in [1.807, 2.05) is 0 Å². The van der Waals surface area contributed by atoms with Crippen LogP contribution in [0.4, 0.5) is 4.39 Å². The van der Waals surface area contributed by atoms with E-state index in [-0.39, 0.29) is 22.5 Å². The predicted molar refractivity (Wildman–Crippen MR) is 73.7 cm³/mol. The highest BCUT2D eigenvalue weighted by Gasteiger charge is 2.30. The maximum absolute atomic E-state index is 13.8. The number of benzene rings is 1. The smallest absolute Gasteiger partial charge is 0.257 e. The average molecular weight is 285 g/mol. The number of piperidine rings is 1. The third-order valence-electron chi connectivity index (χ3n) is 3.67. The molecule has 1 aliphatic heterocycles. The van der Waals surface area contributed by atoms with Gasteiger partial charge in [0.25, 0.3) is 5.91 Å². The van der Waals surface area contributed by atoms with Crippen LogP contribution >= 0.6 is 11.6 Å². The van der Waals surface area contributed by atoms with Crippen LogP contribution in [0, 0.1) is 11.7 Å².